The third kappa shape index (κ3) is 3.98. The van der Waals surface area contributed by atoms with Crippen molar-refractivity contribution < 1.29 is 9.53 Å². The van der Waals surface area contributed by atoms with Gasteiger partial charge in [0.05, 0.1) is 23.6 Å². The lowest BCUT2D eigenvalue weighted by Gasteiger charge is -2.34. The van der Waals surface area contributed by atoms with Crippen molar-refractivity contribution in [1.82, 2.24) is 14.5 Å². The molecule has 5 nitrogen and oxygen atoms in total. The zero-order valence-corrected chi connectivity index (χ0v) is 12.4. The molecule has 1 aromatic heterocycles. The zero-order chi connectivity index (χ0) is 13.7. The first-order valence-corrected chi connectivity index (χ1v) is 7.65. The summed E-state index contributed by atoms with van der Waals surface area (Å²) >= 11 is 1.46. The molecule has 0 spiro atoms. The second kappa shape index (κ2) is 6.96. The van der Waals surface area contributed by atoms with Gasteiger partial charge in [0.1, 0.15) is 0 Å². The van der Waals surface area contributed by atoms with E-state index in [-0.39, 0.29) is 5.97 Å². The van der Waals surface area contributed by atoms with Gasteiger partial charge < -0.3 is 4.74 Å². The number of nitrogens with zero attached hydrogens (tertiary/aromatic N) is 3. The van der Waals surface area contributed by atoms with Crippen LogP contribution in [0.3, 0.4) is 0 Å². The lowest BCUT2D eigenvalue weighted by molar-refractivity contribution is -0.145. The van der Waals surface area contributed by atoms with E-state index in [1.807, 2.05) is 13.8 Å². The molecule has 1 aromatic rings. The minimum absolute atomic E-state index is 0.0847. The lowest BCUT2D eigenvalue weighted by atomic mass is 9.99. The minimum Gasteiger partial charge on any atom is -0.466 e. The van der Waals surface area contributed by atoms with Crippen LogP contribution in [-0.4, -0.2) is 39.6 Å². The largest absolute Gasteiger partial charge is 0.466 e. The Kier molecular flexibility index (Phi) is 5.27. The smallest absolute Gasteiger partial charge is 0.307 e. The number of piperidine rings is 1. The molecule has 6 heteroatoms. The molecular formula is C13H21N3O2S. The fraction of sp³-hybridized carbons (Fsp3) is 0.769. The normalized spacial score (nSPS) is 20.4. The molecule has 0 N–H and O–H groups in total. The number of esters is 1. The number of carbonyl (C=O) groups is 1. The summed E-state index contributed by atoms with van der Waals surface area (Å²) in [5.74, 6) is -0.0847. The Morgan fingerprint density at radius 3 is 3.05 bits per heavy atom. The highest BCUT2D eigenvalue weighted by Crippen LogP contribution is 2.24. The van der Waals surface area contributed by atoms with Crippen molar-refractivity contribution in [2.45, 2.75) is 52.1 Å². The standard InChI is InChI=1S/C13H21N3O2S/c1-3-18-13(17)8-11-6-4-5-7-16(11)9-12-10(2)14-15-19-12/h11H,3-9H2,1-2H3/t11-/m1/s1. The van der Waals surface area contributed by atoms with Crippen LogP contribution < -0.4 is 0 Å². The Hall–Kier alpha value is -1.01. The monoisotopic (exact) mass is 283 g/mol. The summed E-state index contributed by atoms with van der Waals surface area (Å²) < 4.78 is 9.04. The maximum Gasteiger partial charge on any atom is 0.307 e. The second-order valence-corrected chi connectivity index (χ2v) is 5.75. The van der Waals surface area contributed by atoms with Crippen LogP contribution in [0, 0.1) is 6.92 Å². The average Bonchev–Trinajstić information content (AvgIpc) is 2.78. The van der Waals surface area contributed by atoms with Crippen molar-refractivity contribution in [3.8, 4) is 0 Å². The van der Waals surface area contributed by atoms with Crippen molar-refractivity contribution in [1.29, 1.82) is 0 Å². The molecule has 0 aromatic carbocycles. The van der Waals surface area contributed by atoms with Gasteiger partial charge in [0.2, 0.25) is 0 Å². The van der Waals surface area contributed by atoms with Gasteiger partial charge in [-0.25, -0.2) is 0 Å². The molecule has 2 rings (SSSR count). The first-order chi connectivity index (χ1) is 9.20. The number of likely N-dealkylation sites (tertiary alicyclic amines) is 1. The van der Waals surface area contributed by atoms with Crippen molar-refractivity contribution in [2.75, 3.05) is 13.2 Å². The number of carbonyl (C=O) groups excluding carboxylic acids is 1. The topological polar surface area (TPSA) is 55.3 Å². The van der Waals surface area contributed by atoms with E-state index in [2.05, 4.69) is 14.5 Å². The minimum atomic E-state index is -0.0847. The van der Waals surface area contributed by atoms with Gasteiger partial charge in [-0.3, -0.25) is 9.69 Å². The molecule has 0 bridgehead atoms. The lowest BCUT2D eigenvalue weighted by Crippen LogP contribution is -2.40. The van der Waals surface area contributed by atoms with Gasteiger partial charge in [-0.15, -0.1) is 5.10 Å². The van der Waals surface area contributed by atoms with E-state index < -0.39 is 0 Å². The maximum absolute atomic E-state index is 11.7. The molecule has 1 fully saturated rings. The number of ether oxygens (including phenoxy) is 1. The van der Waals surface area contributed by atoms with E-state index in [0.717, 1.165) is 25.2 Å². The molecule has 0 unspecified atom stereocenters. The van der Waals surface area contributed by atoms with E-state index in [1.54, 1.807) is 0 Å². The molecule has 106 valence electrons. The molecule has 1 atom stereocenters. The van der Waals surface area contributed by atoms with Gasteiger partial charge in [0.25, 0.3) is 0 Å². The number of hydrogen-bond acceptors (Lipinski definition) is 6. The Morgan fingerprint density at radius 2 is 2.37 bits per heavy atom. The number of rotatable bonds is 5. The predicted molar refractivity (Wildman–Crippen MR) is 73.9 cm³/mol. The van der Waals surface area contributed by atoms with Gasteiger partial charge in [0, 0.05) is 12.6 Å². The predicted octanol–water partition coefficient (Wildman–Crippen LogP) is 2.15. The van der Waals surface area contributed by atoms with Crippen molar-refractivity contribution in [2.24, 2.45) is 0 Å². The third-order valence-electron chi connectivity index (χ3n) is 3.55. The number of hydrogen-bond donors (Lipinski definition) is 0. The Morgan fingerprint density at radius 1 is 1.53 bits per heavy atom. The van der Waals surface area contributed by atoms with Crippen LogP contribution in [0.5, 0.6) is 0 Å². The summed E-state index contributed by atoms with van der Waals surface area (Å²) in [6, 6.07) is 0.300. The summed E-state index contributed by atoms with van der Waals surface area (Å²) in [4.78, 5) is 15.2. The first-order valence-electron chi connectivity index (χ1n) is 6.88. The van der Waals surface area contributed by atoms with E-state index in [9.17, 15) is 4.79 Å². The molecule has 0 radical (unpaired) electrons. The summed E-state index contributed by atoms with van der Waals surface area (Å²) in [7, 11) is 0. The molecule has 0 amide bonds. The van der Waals surface area contributed by atoms with Crippen LogP contribution in [0.25, 0.3) is 0 Å². The van der Waals surface area contributed by atoms with E-state index in [0.29, 0.717) is 19.1 Å². The van der Waals surface area contributed by atoms with Gasteiger partial charge in [-0.1, -0.05) is 10.9 Å². The van der Waals surface area contributed by atoms with Gasteiger partial charge in [0.15, 0.2) is 0 Å². The Bertz CT molecular complexity index is 422. The molecule has 0 aliphatic carbocycles. The van der Waals surface area contributed by atoms with Crippen LogP contribution in [-0.2, 0) is 16.1 Å². The van der Waals surface area contributed by atoms with E-state index >= 15 is 0 Å². The Labute approximate surface area is 118 Å². The van der Waals surface area contributed by atoms with Crippen molar-refractivity contribution in [3.05, 3.63) is 10.6 Å². The average molecular weight is 283 g/mol. The van der Waals surface area contributed by atoms with E-state index in [1.165, 1.54) is 29.3 Å². The first kappa shape index (κ1) is 14.4. The molecular weight excluding hydrogens is 262 g/mol. The molecule has 0 saturated carbocycles. The molecule has 2 heterocycles. The van der Waals surface area contributed by atoms with E-state index in [4.69, 9.17) is 4.74 Å². The van der Waals surface area contributed by atoms with Crippen molar-refractivity contribution >= 4 is 17.5 Å². The number of aromatic nitrogens is 2. The summed E-state index contributed by atoms with van der Waals surface area (Å²) in [6.45, 7) is 6.20. The second-order valence-electron chi connectivity index (χ2n) is 4.91. The molecule has 1 aliphatic rings. The molecule has 19 heavy (non-hydrogen) atoms. The summed E-state index contributed by atoms with van der Waals surface area (Å²) in [5.41, 5.74) is 1.01. The van der Waals surface area contributed by atoms with Gasteiger partial charge >= 0.3 is 5.97 Å². The highest BCUT2D eigenvalue weighted by Gasteiger charge is 2.26. The van der Waals surface area contributed by atoms with Crippen LogP contribution in [0.1, 0.15) is 43.2 Å². The summed E-state index contributed by atoms with van der Waals surface area (Å²) in [5, 5.41) is 4.05. The zero-order valence-electron chi connectivity index (χ0n) is 11.6. The molecule has 1 saturated heterocycles. The maximum atomic E-state index is 11.7. The van der Waals surface area contributed by atoms with Crippen LogP contribution >= 0.6 is 11.5 Å². The quantitative estimate of drug-likeness (QED) is 0.775. The number of aryl methyl sites for hydroxylation is 1. The fourth-order valence-electron chi connectivity index (χ4n) is 2.49. The fourth-order valence-corrected chi connectivity index (χ4v) is 3.15. The SMILES string of the molecule is CCOC(=O)C[C@H]1CCCCN1Cc1snnc1C. The molecule has 1 aliphatic heterocycles. The highest BCUT2D eigenvalue weighted by atomic mass is 32.1. The van der Waals surface area contributed by atoms with Gasteiger partial charge in [-0.2, -0.15) is 0 Å². The van der Waals surface area contributed by atoms with Crippen molar-refractivity contribution in [3.63, 3.8) is 0 Å². The third-order valence-corrected chi connectivity index (χ3v) is 4.36. The van der Waals surface area contributed by atoms with Crippen LogP contribution in [0.15, 0.2) is 0 Å². The van der Waals surface area contributed by atoms with Crippen LogP contribution in [0.2, 0.25) is 0 Å². The highest BCUT2D eigenvalue weighted by molar-refractivity contribution is 7.05. The Balaban J connectivity index is 1.96. The summed E-state index contributed by atoms with van der Waals surface area (Å²) in [6.07, 6.45) is 3.97. The van der Waals surface area contributed by atoms with Crippen LogP contribution in [0.4, 0.5) is 0 Å². The van der Waals surface area contributed by atoms with Gasteiger partial charge in [-0.05, 0) is 44.8 Å².